The van der Waals surface area contributed by atoms with Crippen LogP contribution in [0.3, 0.4) is 0 Å². The molecule has 7 heteroatoms. The molecule has 0 fully saturated rings. The fraction of sp³-hybridized carbons (Fsp3) is 0.167. The summed E-state index contributed by atoms with van der Waals surface area (Å²) < 4.78 is 5.34. The number of methoxy groups -OCH3 is 1. The summed E-state index contributed by atoms with van der Waals surface area (Å²) in [6.07, 6.45) is 1.59. The molecule has 0 radical (unpaired) electrons. The van der Waals surface area contributed by atoms with Crippen LogP contribution < -0.4 is 15.4 Å². The van der Waals surface area contributed by atoms with Gasteiger partial charge < -0.3 is 15.4 Å². The van der Waals surface area contributed by atoms with Gasteiger partial charge in [-0.1, -0.05) is 41.9 Å². The third-order valence-electron chi connectivity index (χ3n) is 3.58. The van der Waals surface area contributed by atoms with Crippen LogP contribution in [0.4, 0.5) is 11.8 Å². The van der Waals surface area contributed by atoms with E-state index in [1.54, 1.807) is 13.3 Å². The normalized spacial score (nSPS) is 10.3. The molecular formula is C18H18ClN5O. The number of rotatable bonds is 7. The lowest BCUT2D eigenvalue weighted by atomic mass is 10.2. The highest BCUT2D eigenvalue weighted by atomic mass is 35.5. The van der Waals surface area contributed by atoms with E-state index in [-0.39, 0.29) is 0 Å². The van der Waals surface area contributed by atoms with Crippen LogP contribution in [-0.4, -0.2) is 22.3 Å². The van der Waals surface area contributed by atoms with Gasteiger partial charge in [0.2, 0.25) is 5.95 Å². The Morgan fingerprint density at radius 1 is 1.00 bits per heavy atom. The Bertz CT molecular complexity index is 826. The Hall–Kier alpha value is -2.86. The summed E-state index contributed by atoms with van der Waals surface area (Å²) in [5, 5.41) is 15.1. The molecule has 128 valence electrons. The van der Waals surface area contributed by atoms with E-state index in [1.807, 2.05) is 48.5 Å². The van der Waals surface area contributed by atoms with E-state index >= 15 is 0 Å². The van der Waals surface area contributed by atoms with Crippen molar-refractivity contribution >= 4 is 23.4 Å². The van der Waals surface area contributed by atoms with E-state index in [0.717, 1.165) is 21.9 Å². The van der Waals surface area contributed by atoms with Crippen molar-refractivity contribution in [1.29, 1.82) is 0 Å². The van der Waals surface area contributed by atoms with Crippen molar-refractivity contribution in [3.05, 3.63) is 70.9 Å². The summed E-state index contributed by atoms with van der Waals surface area (Å²) in [5.74, 6) is 1.92. The molecule has 0 saturated carbocycles. The van der Waals surface area contributed by atoms with Gasteiger partial charge in [-0.3, -0.25) is 0 Å². The molecule has 0 aliphatic carbocycles. The number of nitrogens with zero attached hydrogens (tertiary/aromatic N) is 3. The van der Waals surface area contributed by atoms with Gasteiger partial charge in [-0.25, -0.2) is 0 Å². The van der Waals surface area contributed by atoms with Crippen molar-refractivity contribution in [2.24, 2.45) is 0 Å². The standard InChI is InChI=1S/C18H18ClN5O/c1-25-16-5-3-2-4-14(16)11-21-18-23-17(12-22-24-18)20-10-13-6-8-15(19)9-7-13/h2-9,12H,10-11H2,1H3,(H2,20,21,23,24). The zero-order chi connectivity index (χ0) is 17.5. The summed E-state index contributed by atoms with van der Waals surface area (Å²) in [6.45, 7) is 1.17. The topological polar surface area (TPSA) is 72.0 Å². The molecule has 2 aromatic carbocycles. The summed E-state index contributed by atoms with van der Waals surface area (Å²) in [7, 11) is 1.65. The molecule has 2 N–H and O–H groups in total. The fourth-order valence-corrected chi connectivity index (χ4v) is 2.41. The van der Waals surface area contributed by atoms with E-state index in [9.17, 15) is 0 Å². The molecule has 0 atom stereocenters. The van der Waals surface area contributed by atoms with Gasteiger partial charge >= 0.3 is 0 Å². The molecule has 6 nitrogen and oxygen atoms in total. The predicted octanol–water partition coefficient (Wildman–Crippen LogP) is 3.76. The number of para-hydroxylation sites is 1. The highest BCUT2D eigenvalue weighted by Gasteiger charge is 2.04. The number of hydrogen-bond donors (Lipinski definition) is 2. The van der Waals surface area contributed by atoms with Crippen molar-refractivity contribution in [1.82, 2.24) is 15.2 Å². The monoisotopic (exact) mass is 355 g/mol. The minimum atomic E-state index is 0.451. The van der Waals surface area contributed by atoms with E-state index in [4.69, 9.17) is 16.3 Å². The maximum Gasteiger partial charge on any atom is 0.244 e. The number of benzene rings is 2. The van der Waals surface area contributed by atoms with Crippen molar-refractivity contribution in [2.75, 3.05) is 17.7 Å². The Balaban J connectivity index is 1.60. The number of anilines is 2. The van der Waals surface area contributed by atoms with Crippen LogP contribution >= 0.6 is 11.6 Å². The number of ether oxygens (including phenoxy) is 1. The highest BCUT2D eigenvalue weighted by Crippen LogP contribution is 2.18. The van der Waals surface area contributed by atoms with Crippen molar-refractivity contribution in [3.63, 3.8) is 0 Å². The van der Waals surface area contributed by atoms with Crippen LogP contribution in [0.5, 0.6) is 5.75 Å². The minimum absolute atomic E-state index is 0.451. The van der Waals surface area contributed by atoms with Crippen LogP contribution in [0.1, 0.15) is 11.1 Å². The van der Waals surface area contributed by atoms with Crippen LogP contribution in [0.25, 0.3) is 0 Å². The molecule has 0 spiro atoms. The fourth-order valence-electron chi connectivity index (χ4n) is 2.28. The van der Waals surface area contributed by atoms with E-state index < -0.39 is 0 Å². The quantitative estimate of drug-likeness (QED) is 0.672. The number of hydrogen-bond acceptors (Lipinski definition) is 6. The first-order valence-electron chi connectivity index (χ1n) is 7.78. The lowest BCUT2D eigenvalue weighted by Gasteiger charge is -2.10. The second kappa shape index (κ2) is 8.30. The molecule has 25 heavy (non-hydrogen) atoms. The van der Waals surface area contributed by atoms with Crippen LogP contribution in [0.2, 0.25) is 5.02 Å². The van der Waals surface area contributed by atoms with Crippen LogP contribution in [0, 0.1) is 0 Å². The average molecular weight is 356 g/mol. The minimum Gasteiger partial charge on any atom is -0.496 e. The van der Waals surface area contributed by atoms with Crippen LogP contribution in [-0.2, 0) is 13.1 Å². The first-order valence-corrected chi connectivity index (χ1v) is 8.16. The van der Waals surface area contributed by atoms with Gasteiger partial charge in [-0.05, 0) is 23.8 Å². The molecule has 1 heterocycles. The first-order chi connectivity index (χ1) is 12.2. The third-order valence-corrected chi connectivity index (χ3v) is 3.83. The predicted molar refractivity (Wildman–Crippen MR) is 98.9 cm³/mol. The van der Waals surface area contributed by atoms with Crippen molar-refractivity contribution in [2.45, 2.75) is 13.1 Å². The van der Waals surface area contributed by atoms with Crippen molar-refractivity contribution < 1.29 is 4.74 Å². The van der Waals surface area contributed by atoms with Gasteiger partial charge in [0.25, 0.3) is 0 Å². The molecule has 0 bridgehead atoms. The summed E-state index contributed by atoms with van der Waals surface area (Å²) >= 11 is 5.89. The molecule has 0 amide bonds. The SMILES string of the molecule is COc1ccccc1CNc1nncc(NCc2ccc(Cl)cc2)n1. The molecule has 1 aromatic heterocycles. The largest absolute Gasteiger partial charge is 0.496 e. The molecule has 0 unspecified atom stereocenters. The molecular weight excluding hydrogens is 338 g/mol. The lowest BCUT2D eigenvalue weighted by molar-refractivity contribution is 0.410. The highest BCUT2D eigenvalue weighted by molar-refractivity contribution is 6.30. The maximum absolute atomic E-state index is 5.89. The second-order valence-corrected chi connectivity index (χ2v) is 5.75. The number of aromatic nitrogens is 3. The van der Waals surface area contributed by atoms with Gasteiger partial charge in [0.05, 0.1) is 13.3 Å². The van der Waals surface area contributed by atoms with E-state index in [1.165, 1.54) is 0 Å². The van der Waals surface area contributed by atoms with Gasteiger partial charge in [-0.2, -0.15) is 10.1 Å². The zero-order valence-corrected chi connectivity index (χ0v) is 14.5. The third kappa shape index (κ3) is 4.81. The van der Waals surface area contributed by atoms with Crippen molar-refractivity contribution in [3.8, 4) is 5.75 Å². The molecule has 3 rings (SSSR count). The summed E-state index contributed by atoms with van der Waals surface area (Å²) in [5.41, 5.74) is 2.12. The summed E-state index contributed by atoms with van der Waals surface area (Å²) in [6, 6.07) is 15.4. The molecule has 0 aliphatic heterocycles. The van der Waals surface area contributed by atoms with Gasteiger partial charge in [-0.15, -0.1) is 5.10 Å². The second-order valence-electron chi connectivity index (χ2n) is 5.31. The lowest BCUT2D eigenvalue weighted by Crippen LogP contribution is -2.08. The van der Waals surface area contributed by atoms with E-state index in [0.29, 0.717) is 24.9 Å². The Labute approximate surface area is 151 Å². The Kier molecular flexibility index (Phi) is 5.64. The zero-order valence-electron chi connectivity index (χ0n) is 13.7. The maximum atomic E-state index is 5.89. The molecule has 0 aliphatic rings. The Morgan fingerprint density at radius 2 is 1.80 bits per heavy atom. The van der Waals surface area contributed by atoms with Gasteiger partial charge in [0.1, 0.15) is 5.75 Å². The van der Waals surface area contributed by atoms with E-state index in [2.05, 4.69) is 25.8 Å². The molecule has 0 saturated heterocycles. The van der Waals surface area contributed by atoms with Crippen LogP contribution in [0.15, 0.2) is 54.7 Å². The first kappa shape index (κ1) is 17.0. The number of nitrogens with one attached hydrogen (secondary N) is 2. The Morgan fingerprint density at radius 3 is 2.60 bits per heavy atom. The average Bonchev–Trinajstić information content (AvgIpc) is 2.66. The van der Waals surface area contributed by atoms with Gasteiger partial charge in [0.15, 0.2) is 5.82 Å². The smallest absolute Gasteiger partial charge is 0.244 e. The van der Waals surface area contributed by atoms with Gasteiger partial charge in [0, 0.05) is 23.7 Å². The number of halogens is 1. The summed E-state index contributed by atoms with van der Waals surface area (Å²) in [4.78, 5) is 4.41. The molecule has 3 aromatic rings.